The number of nitrogens with one attached hydrogen (secondary N) is 1. The lowest BCUT2D eigenvalue weighted by Gasteiger charge is -2.22. The minimum atomic E-state index is 0.0164. The Labute approximate surface area is 187 Å². The molecular formula is C28H36N2O. The van der Waals surface area contributed by atoms with E-state index < -0.39 is 0 Å². The molecule has 0 aromatic heterocycles. The highest BCUT2D eigenvalue weighted by Gasteiger charge is 2.23. The molecule has 3 nitrogen and oxygen atoms in total. The molecule has 0 saturated carbocycles. The van der Waals surface area contributed by atoms with Crippen LogP contribution >= 0.6 is 0 Å². The number of benzene rings is 2. The highest BCUT2D eigenvalue weighted by Crippen LogP contribution is 2.36. The molecular weight excluding hydrogens is 380 g/mol. The van der Waals surface area contributed by atoms with Gasteiger partial charge in [0.25, 0.3) is 5.91 Å². The maximum Gasteiger partial charge on any atom is 0.251 e. The zero-order valence-electron chi connectivity index (χ0n) is 19.3. The molecule has 0 spiro atoms. The second kappa shape index (κ2) is 11.6. The van der Waals surface area contributed by atoms with Crippen LogP contribution in [0.5, 0.6) is 0 Å². The van der Waals surface area contributed by atoms with Gasteiger partial charge in [-0.15, -0.1) is 0 Å². The third-order valence-corrected chi connectivity index (χ3v) is 6.10. The average Bonchev–Trinajstić information content (AvgIpc) is 2.93. The minimum absolute atomic E-state index is 0.0164. The monoisotopic (exact) mass is 416 g/mol. The molecule has 0 aliphatic carbocycles. The molecule has 2 aromatic rings. The number of aliphatic imine (C=N–C) groups is 1. The second-order valence-corrected chi connectivity index (χ2v) is 8.49. The van der Waals surface area contributed by atoms with Crippen LogP contribution in [-0.2, 0) is 6.42 Å². The van der Waals surface area contributed by atoms with Crippen molar-refractivity contribution in [2.24, 2.45) is 10.9 Å². The quantitative estimate of drug-likeness (QED) is 0.466. The number of carbonyl (C=O) groups is 1. The Morgan fingerprint density at radius 2 is 1.87 bits per heavy atom. The van der Waals surface area contributed by atoms with E-state index in [2.05, 4.69) is 62.5 Å². The smallest absolute Gasteiger partial charge is 0.251 e. The Bertz CT molecular complexity index is 927. The Balaban J connectivity index is 1.97. The van der Waals surface area contributed by atoms with Crippen LogP contribution < -0.4 is 5.32 Å². The third-order valence-electron chi connectivity index (χ3n) is 6.10. The van der Waals surface area contributed by atoms with Gasteiger partial charge in [-0.2, -0.15) is 0 Å². The predicted molar refractivity (Wildman–Crippen MR) is 132 cm³/mol. The molecule has 0 radical (unpaired) electrons. The van der Waals surface area contributed by atoms with E-state index in [1.165, 1.54) is 35.1 Å². The van der Waals surface area contributed by atoms with Gasteiger partial charge in [0.15, 0.2) is 0 Å². The van der Waals surface area contributed by atoms with Gasteiger partial charge >= 0.3 is 0 Å². The van der Waals surface area contributed by atoms with Crippen molar-refractivity contribution in [2.75, 3.05) is 13.1 Å². The van der Waals surface area contributed by atoms with Crippen molar-refractivity contribution in [1.29, 1.82) is 0 Å². The van der Waals surface area contributed by atoms with Gasteiger partial charge < -0.3 is 5.32 Å². The van der Waals surface area contributed by atoms with Crippen LogP contribution in [-0.4, -0.2) is 24.7 Å². The second-order valence-electron chi connectivity index (χ2n) is 8.49. The summed E-state index contributed by atoms with van der Waals surface area (Å²) in [4.78, 5) is 17.5. The van der Waals surface area contributed by atoms with E-state index >= 15 is 0 Å². The maximum absolute atomic E-state index is 12.6. The van der Waals surface area contributed by atoms with E-state index in [1.807, 2.05) is 18.2 Å². The molecule has 2 aromatic carbocycles. The number of hydrogen-bond donors (Lipinski definition) is 1. The number of hydrogen-bond acceptors (Lipinski definition) is 2. The van der Waals surface area contributed by atoms with Crippen LogP contribution in [0.4, 0.5) is 0 Å². The summed E-state index contributed by atoms with van der Waals surface area (Å²) in [6, 6.07) is 18.9. The first kappa shape index (κ1) is 23.0. The fraction of sp³-hybridized carbons (Fsp3) is 0.429. The van der Waals surface area contributed by atoms with Gasteiger partial charge in [0.1, 0.15) is 0 Å². The topological polar surface area (TPSA) is 41.5 Å². The Kier molecular flexibility index (Phi) is 8.63. The van der Waals surface area contributed by atoms with E-state index in [4.69, 9.17) is 4.99 Å². The summed E-state index contributed by atoms with van der Waals surface area (Å²) >= 11 is 0. The van der Waals surface area contributed by atoms with Crippen LogP contribution in [0.1, 0.15) is 74.4 Å². The van der Waals surface area contributed by atoms with Crippen molar-refractivity contribution in [1.82, 2.24) is 5.32 Å². The van der Waals surface area contributed by atoms with Gasteiger partial charge in [0, 0.05) is 24.4 Å². The first-order valence-corrected chi connectivity index (χ1v) is 11.8. The largest absolute Gasteiger partial charge is 0.352 e. The molecule has 1 amide bonds. The van der Waals surface area contributed by atoms with Gasteiger partial charge in [-0.25, -0.2) is 0 Å². The summed E-state index contributed by atoms with van der Waals surface area (Å²) in [5, 5.41) is 3.03. The molecule has 0 bridgehead atoms. The predicted octanol–water partition coefficient (Wildman–Crippen LogP) is 6.49. The molecule has 31 heavy (non-hydrogen) atoms. The summed E-state index contributed by atoms with van der Waals surface area (Å²) in [7, 11) is 0. The molecule has 164 valence electrons. The number of unbranched alkanes of at least 4 members (excludes halogenated alkanes) is 1. The maximum atomic E-state index is 12.6. The van der Waals surface area contributed by atoms with Crippen molar-refractivity contribution in [3.05, 3.63) is 76.9 Å². The van der Waals surface area contributed by atoms with Crippen LogP contribution in [0.3, 0.4) is 0 Å². The molecule has 1 aliphatic rings. The number of carbonyl (C=O) groups excluding carboxylic acids is 1. The molecule has 1 aliphatic heterocycles. The lowest BCUT2D eigenvalue weighted by molar-refractivity contribution is 0.0953. The zero-order chi connectivity index (χ0) is 22.1. The Morgan fingerprint density at radius 3 is 2.61 bits per heavy atom. The number of nitrogens with zero attached hydrogens (tertiary/aromatic N) is 1. The van der Waals surface area contributed by atoms with Crippen molar-refractivity contribution in [2.45, 2.75) is 59.3 Å². The van der Waals surface area contributed by atoms with Gasteiger partial charge in [-0.1, -0.05) is 69.2 Å². The molecule has 3 rings (SSSR count). The van der Waals surface area contributed by atoms with Crippen LogP contribution in [0.25, 0.3) is 5.57 Å². The fourth-order valence-corrected chi connectivity index (χ4v) is 4.46. The third kappa shape index (κ3) is 6.16. The van der Waals surface area contributed by atoms with Crippen LogP contribution in [0.2, 0.25) is 0 Å². The van der Waals surface area contributed by atoms with E-state index in [9.17, 15) is 4.79 Å². The van der Waals surface area contributed by atoms with E-state index in [0.717, 1.165) is 50.0 Å². The Morgan fingerprint density at radius 1 is 1.06 bits per heavy atom. The Hall–Kier alpha value is -2.68. The summed E-state index contributed by atoms with van der Waals surface area (Å²) in [6.45, 7) is 8.16. The molecule has 1 N–H and O–H groups in total. The number of amides is 1. The van der Waals surface area contributed by atoms with Crippen LogP contribution in [0, 0.1) is 5.92 Å². The van der Waals surface area contributed by atoms with E-state index in [-0.39, 0.29) is 5.91 Å². The molecule has 0 fully saturated rings. The molecule has 1 unspecified atom stereocenters. The summed E-state index contributed by atoms with van der Waals surface area (Å²) < 4.78 is 0. The van der Waals surface area contributed by atoms with Crippen molar-refractivity contribution < 1.29 is 4.79 Å². The standard InChI is InChI=1S/C28H36N2O/c1-4-6-17-30-28(31)25-15-10-12-22(19-25)20-26-21(3)29-18-16-23(11-5-2)27(26)24-13-8-7-9-14-24/h7-10,12-15,19,23H,4-6,11,16-18,20H2,1-3H3,(H,30,31). The van der Waals surface area contributed by atoms with Crippen molar-refractivity contribution in [3.8, 4) is 0 Å². The number of allylic oxidation sites excluding steroid dienone is 2. The molecule has 1 atom stereocenters. The van der Waals surface area contributed by atoms with Gasteiger partial charge in [-0.3, -0.25) is 9.79 Å². The average molecular weight is 417 g/mol. The zero-order valence-corrected chi connectivity index (χ0v) is 19.3. The van der Waals surface area contributed by atoms with Gasteiger partial charge in [0.2, 0.25) is 0 Å². The SMILES string of the molecule is CCCCNC(=O)c1cccc(CC2=C(c3ccccc3)C(CCC)CCN=C2C)c1. The highest BCUT2D eigenvalue weighted by atomic mass is 16.1. The van der Waals surface area contributed by atoms with Gasteiger partial charge in [0.05, 0.1) is 0 Å². The van der Waals surface area contributed by atoms with Crippen molar-refractivity contribution in [3.63, 3.8) is 0 Å². The summed E-state index contributed by atoms with van der Waals surface area (Å²) in [5.74, 6) is 0.534. The van der Waals surface area contributed by atoms with Gasteiger partial charge in [-0.05, 0) is 72.9 Å². The first-order valence-electron chi connectivity index (χ1n) is 11.8. The van der Waals surface area contributed by atoms with E-state index in [0.29, 0.717) is 5.92 Å². The summed E-state index contributed by atoms with van der Waals surface area (Å²) in [6.07, 6.45) is 6.33. The lowest BCUT2D eigenvalue weighted by Crippen LogP contribution is -2.24. The molecule has 3 heteroatoms. The van der Waals surface area contributed by atoms with Crippen molar-refractivity contribution >= 4 is 17.2 Å². The molecule has 1 heterocycles. The number of rotatable bonds is 9. The minimum Gasteiger partial charge on any atom is -0.352 e. The highest BCUT2D eigenvalue weighted by molar-refractivity contribution is 6.06. The molecule has 0 saturated heterocycles. The normalized spacial score (nSPS) is 16.6. The van der Waals surface area contributed by atoms with Crippen LogP contribution in [0.15, 0.2) is 65.2 Å². The lowest BCUT2D eigenvalue weighted by atomic mass is 9.81. The summed E-state index contributed by atoms with van der Waals surface area (Å²) in [5.41, 5.74) is 7.11. The van der Waals surface area contributed by atoms with E-state index in [1.54, 1.807) is 0 Å². The first-order chi connectivity index (χ1) is 15.1. The fourth-order valence-electron chi connectivity index (χ4n) is 4.46.